The summed E-state index contributed by atoms with van der Waals surface area (Å²) < 4.78 is 46.4. The first-order valence-corrected chi connectivity index (χ1v) is 9.42. The van der Waals surface area contributed by atoms with Gasteiger partial charge in [-0.1, -0.05) is 32.9 Å². The zero-order valence-electron chi connectivity index (χ0n) is 17.2. The number of amides is 1. The average molecular weight is 430 g/mol. The number of benzene rings is 2. The predicted molar refractivity (Wildman–Crippen MR) is 111 cm³/mol. The number of carbonyl (C=O) groups is 1. The fourth-order valence-electron chi connectivity index (χ4n) is 2.70. The maximum absolute atomic E-state index is 12.5. The molecule has 3 rings (SSSR count). The van der Waals surface area contributed by atoms with Crippen molar-refractivity contribution in [3.8, 4) is 17.4 Å². The van der Waals surface area contributed by atoms with E-state index in [9.17, 15) is 18.0 Å². The van der Waals surface area contributed by atoms with Gasteiger partial charge in [-0.3, -0.25) is 4.79 Å². The molecule has 0 aliphatic carbocycles. The molecule has 0 saturated carbocycles. The van der Waals surface area contributed by atoms with Crippen LogP contribution < -0.4 is 14.8 Å². The Kier molecular flexibility index (Phi) is 6.19. The zero-order valence-corrected chi connectivity index (χ0v) is 17.2. The Morgan fingerprint density at radius 3 is 2.10 bits per heavy atom. The van der Waals surface area contributed by atoms with Crippen molar-refractivity contribution in [3.63, 3.8) is 0 Å². The molecule has 0 spiro atoms. The Hall–Kier alpha value is -3.55. The minimum atomic E-state index is -4.79. The largest absolute Gasteiger partial charge is 0.573 e. The molecule has 0 unspecified atom stereocenters. The van der Waals surface area contributed by atoms with Crippen molar-refractivity contribution in [3.05, 3.63) is 78.0 Å². The number of ether oxygens (including phenoxy) is 2. The van der Waals surface area contributed by atoms with Gasteiger partial charge >= 0.3 is 6.36 Å². The van der Waals surface area contributed by atoms with Crippen LogP contribution in [0.3, 0.4) is 0 Å². The maximum atomic E-state index is 12.5. The van der Waals surface area contributed by atoms with Crippen LogP contribution in [0, 0.1) is 0 Å². The Labute approximate surface area is 177 Å². The van der Waals surface area contributed by atoms with Gasteiger partial charge in [-0.15, -0.1) is 13.2 Å². The normalized spacial score (nSPS) is 11.7. The van der Waals surface area contributed by atoms with Crippen LogP contribution in [0.1, 0.15) is 36.7 Å². The van der Waals surface area contributed by atoms with E-state index >= 15 is 0 Å². The molecule has 0 bridgehead atoms. The van der Waals surface area contributed by atoms with Crippen LogP contribution in [0.5, 0.6) is 17.4 Å². The number of alkyl halides is 3. The lowest BCUT2D eigenvalue weighted by Crippen LogP contribution is -2.17. The Morgan fingerprint density at radius 2 is 1.52 bits per heavy atom. The summed E-state index contributed by atoms with van der Waals surface area (Å²) >= 11 is 0. The molecule has 2 aromatic carbocycles. The monoisotopic (exact) mass is 430 g/mol. The first-order chi connectivity index (χ1) is 14.5. The first kappa shape index (κ1) is 22.1. The molecular formula is C23H21F3N2O3. The second kappa shape index (κ2) is 8.67. The van der Waals surface area contributed by atoms with Gasteiger partial charge in [0, 0.05) is 11.8 Å². The standard InChI is InChI=1S/C23H21F3N2O3/c1-22(2,3)16-8-12-17(13-9-16)30-21-19(5-4-14-27-21)28-20(29)15-6-10-18(11-7-15)31-23(24,25)26/h4-14H,1-3H3,(H,28,29). The molecule has 0 atom stereocenters. The highest BCUT2D eigenvalue weighted by atomic mass is 19.4. The van der Waals surface area contributed by atoms with E-state index in [-0.39, 0.29) is 16.9 Å². The molecule has 3 aromatic rings. The van der Waals surface area contributed by atoms with Crippen molar-refractivity contribution in [1.29, 1.82) is 0 Å². The third-order valence-electron chi connectivity index (χ3n) is 4.30. The van der Waals surface area contributed by atoms with Crippen molar-refractivity contribution < 1.29 is 27.4 Å². The molecule has 162 valence electrons. The smallest absolute Gasteiger partial charge is 0.437 e. The number of pyridine rings is 1. The molecule has 1 amide bonds. The lowest BCUT2D eigenvalue weighted by molar-refractivity contribution is -0.274. The minimum absolute atomic E-state index is 0.00332. The van der Waals surface area contributed by atoms with E-state index in [0.717, 1.165) is 17.7 Å². The quantitative estimate of drug-likeness (QED) is 0.514. The van der Waals surface area contributed by atoms with Gasteiger partial charge in [0.1, 0.15) is 17.2 Å². The predicted octanol–water partition coefficient (Wildman–Crippen LogP) is 6.32. The third kappa shape index (κ3) is 6.21. The first-order valence-electron chi connectivity index (χ1n) is 9.42. The number of nitrogens with zero attached hydrogens (tertiary/aromatic N) is 1. The summed E-state index contributed by atoms with van der Waals surface area (Å²) in [4.78, 5) is 16.7. The van der Waals surface area contributed by atoms with Crippen molar-refractivity contribution in [2.24, 2.45) is 0 Å². The molecule has 0 radical (unpaired) electrons. The molecular weight excluding hydrogens is 409 g/mol. The van der Waals surface area contributed by atoms with Gasteiger partial charge in [0.25, 0.3) is 5.91 Å². The van der Waals surface area contributed by atoms with Crippen molar-refractivity contribution >= 4 is 11.6 Å². The Morgan fingerprint density at radius 1 is 0.903 bits per heavy atom. The van der Waals surface area contributed by atoms with E-state index in [4.69, 9.17) is 4.74 Å². The molecule has 5 nitrogen and oxygen atoms in total. The van der Waals surface area contributed by atoms with Crippen molar-refractivity contribution in [2.75, 3.05) is 5.32 Å². The molecule has 1 N–H and O–H groups in total. The number of rotatable bonds is 5. The van der Waals surface area contributed by atoms with Gasteiger partial charge in [0.2, 0.25) is 5.88 Å². The van der Waals surface area contributed by atoms with E-state index in [1.54, 1.807) is 12.1 Å². The summed E-state index contributed by atoms with van der Waals surface area (Å²) in [5.41, 5.74) is 1.62. The van der Waals surface area contributed by atoms with Gasteiger partial charge in [-0.25, -0.2) is 4.98 Å². The number of carbonyl (C=O) groups excluding carboxylic acids is 1. The SMILES string of the molecule is CC(C)(C)c1ccc(Oc2ncccc2NC(=O)c2ccc(OC(F)(F)F)cc2)cc1. The zero-order chi connectivity index (χ0) is 22.6. The molecule has 0 aliphatic heterocycles. The van der Waals surface area contributed by atoms with E-state index in [2.05, 4.69) is 35.8 Å². The van der Waals surface area contributed by atoms with Gasteiger partial charge < -0.3 is 14.8 Å². The van der Waals surface area contributed by atoms with E-state index in [0.29, 0.717) is 11.4 Å². The topological polar surface area (TPSA) is 60.5 Å². The van der Waals surface area contributed by atoms with Crippen LogP contribution in [0.15, 0.2) is 66.9 Å². The fraction of sp³-hybridized carbons (Fsp3) is 0.217. The van der Waals surface area contributed by atoms with Crippen LogP contribution in [0.2, 0.25) is 0 Å². The summed E-state index contributed by atoms with van der Waals surface area (Å²) in [5, 5.41) is 2.66. The average Bonchev–Trinajstić information content (AvgIpc) is 2.68. The van der Waals surface area contributed by atoms with Gasteiger partial charge in [0.15, 0.2) is 0 Å². The number of aromatic nitrogens is 1. The molecule has 8 heteroatoms. The van der Waals surface area contributed by atoms with Crippen LogP contribution in [-0.4, -0.2) is 17.3 Å². The van der Waals surface area contributed by atoms with Crippen molar-refractivity contribution in [2.45, 2.75) is 32.5 Å². The highest BCUT2D eigenvalue weighted by Crippen LogP contribution is 2.30. The third-order valence-corrected chi connectivity index (χ3v) is 4.30. The minimum Gasteiger partial charge on any atom is -0.437 e. The molecule has 1 aromatic heterocycles. The summed E-state index contributed by atoms with van der Waals surface area (Å²) in [6.45, 7) is 6.32. The van der Waals surface area contributed by atoms with Gasteiger partial charge in [-0.2, -0.15) is 0 Å². The number of nitrogens with one attached hydrogen (secondary N) is 1. The van der Waals surface area contributed by atoms with E-state index < -0.39 is 18.0 Å². The molecule has 31 heavy (non-hydrogen) atoms. The molecule has 1 heterocycles. The Bertz CT molecular complexity index is 1040. The number of hydrogen-bond donors (Lipinski definition) is 1. The van der Waals surface area contributed by atoms with Crippen LogP contribution >= 0.6 is 0 Å². The summed E-state index contributed by atoms with van der Waals surface area (Å²) in [6.07, 6.45) is -3.27. The number of hydrogen-bond acceptors (Lipinski definition) is 4. The molecule has 0 aliphatic rings. The van der Waals surface area contributed by atoms with Gasteiger partial charge in [0.05, 0.1) is 0 Å². The fourth-order valence-corrected chi connectivity index (χ4v) is 2.70. The second-order valence-corrected chi connectivity index (χ2v) is 7.76. The summed E-state index contributed by atoms with van der Waals surface area (Å²) in [5.74, 6) is -0.195. The van der Waals surface area contributed by atoms with Crippen LogP contribution in [-0.2, 0) is 5.41 Å². The highest BCUT2D eigenvalue weighted by molar-refractivity contribution is 6.04. The van der Waals surface area contributed by atoms with Crippen LogP contribution in [0.25, 0.3) is 0 Å². The summed E-state index contributed by atoms with van der Waals surface area (Å²) in [7, 11) is 0. The number of anilines is 1. The lowest BCUT2D eigenvalue weighted by Gasteiger charge is -2.19. The Balaban J connectivity index is 1.72. The van der Waals surface area contributed by atoms with E-state index in [1.807, 2.05) is 24.3 Å². The van der Waals surface area contributed by atoms with Gasteiger partial charge in [-0.05, 0) is 59.5 Å². The van der Waals surface area contributed by atoms with Crippen LogP contribution in [0.4, 0.5) is 18.9 Å². The molecule has 0 fully saturated rings. The van der Waals surface area contributed by atoms with E-state index in [1.165, 1.54) is 18.3 Å². The highest BCUT2D eigenvalue weighted by Gasteiger charge is 2.31. The molecule has 0 saturated heterocycles. The lowest BCUT2D eigenvalue weighted by atomic mass is 9.87. The van der Waals surface area contributed by atoms with Crippen molar-refractivity contribution in [1.82, 2.24) is 4.98 Å². The maximum Gasteiger partial charge on any atom is 0.573 e. The second-order valence-electron chi connectivity index (χ2n) is 7.76. The summed E-state index contributed by atoms with van der Waals surface area (Å²) in [6, 6.07) is 15.4. The number of halogens is 3.